The van der Waals surface area contributed by atoms with Crippen LogP contribution in [0.2, 0.25) is 0 Å². The van der Waals surface area contributed by atoms with Gasteiger partial charge in [-0.25, -0.2) is 17.9 Å². The first-order chi connectivity index (χ1) is 10.8. The van der Waals surface area contributed by atoms with Crippen molar-refractivity contribution in [3.63, 3.8) is 0 Å². The number of rotatable bonds is 6. The Hall–Kier alpha value is -1.49. The number of ether oxygens (including phenoxy) is 1. The van der Waals surface area contributed by atoms with Gasteiger partial charge in [-0.15, -0.1) is 11.3 Å². The van der Waals surface area contributed by atoms with Crippen molar-refractivity contribution < 1.29 is 27.9 Å². The molecule has 1 aromatic rings. The number of amides is 1. The molecule has 1 fully saturated rings. The van der Waals surface area contributed by atoms with E-state index in [-0.39, 0.29) is 22.3 Å². The maximum absolute atomic E-state index is 12.2. The highest BCUT2D eigenvalue weighted by molar-refractivity contribution is 7.89. The average molecular weight is 362 g/mol. The van der Waals surface area contributed by atoms with Gasteiger partial charge < -0.3 is 15.2 Å². The first kappa shape index (κ1) is 17.9. The summed E-state index contributed by atoms with van der Waals surface area (Å²) < 4.78 is 30.8. The number of thiophene rings is 1. The molecule has 2 heterocycles. The summed E-state index contributed by atoms with van der Waals surface area (Å²) in [4.78, 5) is 23.7. The van der Waals surface area contributed by atoms with E-state index in [1.54, 1.807) is 0 Å². The number of carboxylic acids is 1. The summed E-state index contributed by atoms with van der Waals surface area (Å²) in [6.07, 6.45) is 1.40. The van der Waals surface area contributed by atoms with Crippen molar-refractivity contribution >= 4 is 33.2 Å². The molecular weight excluding hydrogens is 344 g/mol. The molecule has 0 radical (unpaired) electrons. The number of nitrogens with one attached hydrogen (secondary N) is 2. The number of carbonyl (C=O) groups excluding carboxylic acids is 1. The molecule has 1 amide bonds. The Morgan fingerprint density at radius 1 is 1.48 bits per heavy atom. The summed E-state index contributed by atoms with van der Waals surface area (Å²) in [5.74, 6) is -2.04. The van der Waals surface area contributed by atoms with Crippen LogP contribution in [0.25, 0.3) is 0 Å². The molecule has 1 aromatic heterocycles. The second kappa shape index (κ2) is 7.39. The normalized spacial score (nSPS) is 20.0. The summed E-state index contributed by atoms with van der Waals surface area (Å²) in [5, 5.41) is 13.1. The molecule has 1 aliphatic rings. The number of hydrogen-bond acceptors (Lipinski definition) is 6. The quantitative estimate of drug-likeness (QED) is 0.668. The number of sulfonamides is 1. The van der Waals surface area contributed by atoms with Gasteiger partial charge in [0.25, 0.3) is 5.91 Å². The second-order valence-electron chi connectivity index (χ2n) is 5.12. The van der Waals surface area contributed by atoms with Crippen molar-refractivity contribution in [2.75, 3.05) is 20.3 Å². The Kier molecular flexibility index (Phi) is 5.74. The van der Waals surface area contributed by atoms with Gasteiger partial charge in [0.15, 0.2) is 0 Å². The Morgan fingerprint density at radius 3 is 2.78 bits per heavy atom. The van der Waals surface area contributed by atoms with Crippen molar-refractivity contribution in [2.24, 2.45) is 5.92 Å². The van der Waals surface area contributed by atoms with E-state index in [1.165, 1.54) is 18.5 Å². The third-order valence-corrected chi connectivity index (χ3v) is 6.07. The van der Waals surface area contributed by atoms with E-state index >= 15 is 0 Å². The van der Waals surface area contributed by atoms with Crippen LogP contribution in [0, 0.1) is 5.92 Å². The maximum Gasteiger partial charge on any atom is 0.326 e. The molecule has 2 rings (SSSR count). The summed E-state index contributed by atoms with van der Waals surface area (Å²) in [6.45, 7) is 0.869. The molecule has 2 unspecified atom stereocenters. The highest BCUT2D eigenvalue weighted by Crippen LogP contribution is 2.21. The fourth-order valence-electron chi connectivity index (χ4n) is 2.32. The highest BCUT2D eigenvalue weighted by atomic mass is 32.2. The Morgan fingerprint density at radius 2 is 2.22 bits per heavy atom. The lowest BCUT2D eigenvalue weighted by Gasteiger charge is -2.27. The van der Waals surface area contributed by atoms with Crippen LogP contribution in [0.3, 0.4) is 0 Å². The Labute approximate surface area is 137 Å². The van der Waals surface area contributed by atoms with Crippen molar-refractivity contribution in [1.29, 1.82) is 0 Å². The predicted octanol–water partition coefficient (Wildman–Crippen LogP) is 0.266. The van der Waals surface area contributed by atoms with Crippen LogP contribution in [-0.4, -0.2) is 51.7 Å². The van der Waals surface area contributed by atoms with Crippen LogP contribution in [0.1, 0.15) is 22.5 Å². The van der Waals surface area contributed by atoms with Crippen LogP contribution in [-0.2, 0) is 19.6 Å². The molecule has 2 atom stereocenters. The number of carboxylic acid groups (broad SMARTS) is 1. The van der Waals surface area contributed by atoms with Gasteiger partial charge in [0.05, 0.1) is 16.4 Å². The minimum atomic E-state index is -3.63. The zero-order chi connectivity index (χ0) is 17.0. The first-order valence-corrected chi connectivity index (χ1v) is 9.35. The summed E-state index contributed by atoms with van der Waals surface area (Å²) >= 11 is 0.945. The van der Waals surface area contributed by atoms with Gasteiger partial charge in [-0.05, 0) is 26.0 Å². The molecule has 128 valence electrons. The molecule has 3 N–H and O–H groups in total. The lowest BCUT2D eigenvalue weighted by Crippen LogP contribution is -2.48. The van der Waals surface area contributed by atoms with Crippen LogP contribution in [0.15, 0.2) is 16.3 Å². The number of carbonyl (C=O) groups is 2. The molecule has 0 bridgehead atoms. The van der Waals surface area contributed by atoms with Crippen LogP contribution in [0.5, 0.6) is 0 Å². The monoisotopic (exact) mass is 362 g/mol. The van der Waals surface area contributed by atoms with E-state index in [2.05, 4.69) is 10.0 Å². The molecule has 0 aromatic carbocycles. The summed E-state index contributed by atoms with van der Waals surface area (Å²) in [6, 6.07) is 0.163. The van der Waals surface area contributed by atoms with Gasteiger partial charge >= 0.3 is 5.97 Å². The van der Waals surface area contributed by atoms with Gasteiger partial charge in [-0.3, -0.25) is 4.79 Å². The Bertz CT molecular complexity index is 678. The van der Waals surface area contributed by atoms with Crippen molar-refractivity contribution in [3.05, 3.63) is 16.3 Å². The molecule has 0 saturated carbocycles. The smallest absolute Gasteiger partial charge is 0.326 e. The van der Waals surface area contributed by atoms with E-state index in [0.29, 0.717) is 13.0 Å². The van der Waals surface area contributed by atoms with E-state index in [1.807, 2.05) is 0 Å². The zero-order valence-corrected chi connectivity index (χ0v) is 14.1. The molecule has 1 aliphatic heterocycles. The summed E-state index contributed by atoms with van der Waals surface area (Å²) in [5.41, 5.74) is 0. The van der Waals surface area contributed by atoms with Crippen LogP contribution in [0.4, 0.5) is 0 Å². The molecule has 8 nitrogen and oxygen atoms in total. The average Bonchev–Trinajstić information content (AvgIpc) is 3.04. The topological polar surface area (TPSA) is 122 Å². The second-order valence-corrected chi connectivity index (χ2v) is 7.92. The standard InChI is InChI=1S/C13H18N2O6S2/c1-14-23(19,20)9-5-10(22-7-9)12(16)15-11(13(17)18)8-3-2-4-21-6-8/h5,7-8,11,14H,2-4,6H2,1H3,(H,15,16)(H,17,18). The maximum atomic E-state index is 12.2. The van der Waals surface area contributed by atoms with Gasteiger partial charge in [0.1, 0.15) is 6.04 Å². The Balaban J connectivity index is 2.11. The minimum absolute atomic E-state index is 0.0250. The zero-order valence-electron chi connectivity index (χ0n) is 12.4. The predicted molar refractivity (Wildman–Crippen MR) is 83.0 cm³/mol. The lowest BCUT2D eigenvalue weighted by molar-refractivity contribution is -0.142. The fourth-order valence-corrected chi connectivity index (χ4v) is 4.23. The highest BCUT2D eigenvalue weighted by Gasteiger charge is 2.32. The van der Waals surface area contributed by atoms with Gasteiger partial charge in [-0.2, -0.15) is 0 Å². The van der Waals surface area contributed by atoms with Crippen molar-refractivity contribution in [2.45, 2.75) is 23.8 Å². The van der Waals surface area contributed by atoms with E-state index in [0.717, 1.165) is 17.8 Å². The number of hydrogen-bond donors (Lipinski definition) is 3. The molecule has 1 saturated heterocycles. The van der Waals surface area contributed by atoms with Gasteiger partial charge in [-0.1, -0.05) is 0 Å². The van der Waals surface area contributed by atoms with E-state index in [9.17, 15) is 23.1 Å². The van der Waals surface area contributed by atoms with E-state index in [4.69, 9.17) is 4.74 Å². The molecule has 0 aliphatic carbocycles. The van der Waals surface area contributed by atoms with Crippen LogP contribution >= 0.6 is 11.3 Å². The minimum Gasteiger partial charge on any atom is -0.480 e. The van der Waals surface area contributed by atoms with Crippen LogP contribution < -0.4 is 10.0 Å². The van der Waals surface area contributed by atoms with Crippen molar-refractivity contribution in [1.82, 2.24) is 10.0 Å². The first-order valence-electron chi connectivity index (χ1n) is 6.98. The SMILES string of the molecule is CNS(=O)(=O)c1csc(C(=O)NC(C(=O)O)C2CCCOC2)c1. The van der Waals surface area contributed by atoms with E-state index < -0.39 is 27.9 Å². The third kappa shape index (κ3) is 4.28. The van der Waals surface area contributed by atoms with Gasteiger partial charge in [0.2, 0.25) is 10.0 Å². The summed E-state index contributed by atoms with van der Waals surface area (Å²) in [7, 11) is -2.36. The molecule has 10 heteroatoms. The fraction of sp³-hybridized carbons (Fsp3) is 0.538. The molecular formula is C13H18N2O6S2. The van der Waals surface area contributed by atoms with Gasteiger partial charge in [0, 0.05) is 17.9 Å². The largest absolute Gasteiger partial charge is 0.480 e. The molecule has 23 heavy (non-hydrogen) atoms. The lowest BCUT2D eigenvalue weighted by atomic mass is 9.93. The molecule has 0 spiro atoms. The third-order valence-electron chi connectivity index (χ3n) is 3.60. The number of aliphatic carboxylic acids is 1. The van der Waals surface area contributed by atoms with Crippen molar-refractivity contribution in [3.8, 4) is 0 Å².